The molecule has 1 N–H and O–H groups in total. The molecule has 19 heavy (non-hydrogen) atoms. The van der Waals surface area contributed by atoms with Crippen LogP contribution in [0, 0.1) is 11.6 Å². The molecule has 2 rings (SSSR count). The molecule has 2 aromatic rings. The van der Waals surface area contributed by atoms with Crippen LogP contribution in [0.1, 0.15) is 10.4 Å². The van der Waals surface area contributed by atoms with Gasteiger partial charge in [-0.25, -0.2) is 13.6 Å². The van der Waals surface area contributed by atoms with E-state index in [4.69, 9.17) is 21.4 Å². The molecule has 0 spiro atoms. The SMILES string of the molecule is O=C(O)c1cc(Cl)ccc1Oc1cc(F)ccc1F. The number of halogens is 3. The maximum absolute atomic E-state index is 13.4. The summed E-state index contributed by atoms with van der Waals surface area (Å²) >= 11 is 5.67. The van der Waals surface area contributed by atoms with Crippen LogP contribution in [0.15, 0.2) is 36.4 Å². The van der Waals surface area contributed by atoms with E-state index in [1.807, 2.05) is 0 Å². The second-order valence-electron chi connectivity index (χ2n) is 3.62. The first-order valence-electron chi connectivity index (χ1n) is 5.13. The number of carboxylic acid groups (broad SMARTS) is 1. The van der Waals surface area contributed by atoms with Crippen molar-refractivity contribution in [2.24, 2.45) is 0 Å². The molecular weight excluding hydrogens is 278 g/mol. The fourth-order valence-electron chi connectivity index (χ4n) is 1.43. The Labute approximate surface area is 112 Å². The summed E-state index contributed by atoms with van der Waals surface area (Å²) in [6, 6.07) is 6.48. The van der Waals surface area contributed by atoms with Crippen LogP contribution in [0.4, 0.5) is 8.78 Å². The van der Waals surface area contributed by atoms with Crippen LogP contribution < -0.4 is 4.74 Å². The van der Waals surface area contributed by atoms with Crippen LogP contribution >= 0.6 is 11.6 Å². The van der Waals surface area contributed by atoms with E-state index in [1.54, 1.807) is 0 Å². The van der Waals surface area contributed by atoms with Gasteiger partial charge in [-0.3, -0.25) is 0 Å². The number of ether oxygens (including phenoxy) is 1. The summed E-state index contributed by atoms with van der Waals surface area (Å²) in [5.74, 6) is -3.30. The number of carbonyl (C=O) groups is 1. The van der Waals surface area contributed by atoms with Crippen molar-refractivity contribution in [3.63, 3.8) is 0 Å². The predicted molar refractivity (Wildman–Crippen MR) is 64.8 cm³/mol. The molecule has 0 bridgehead atoms. The van der Waals surface area contributed by atoms with Gasteiger partial charge in [0.05, 0.1) is 0 Å². The van der Waals surface area contributed by atoms with Crippen LogP contribution in [0.5, 0.6) is 11.5 Å². The highest BCUT2D eigenvalue weighted by atomic mass is 35.5. The van der Waals surface area contributed by atoms with Gasteiger partial charge in [-0.1, -0.05) is 11.6 Å². The summed E-state index contributed by atoms with van der Waals surface area (Å²) < 4.78 is 31.5. The Balaban J connectivity index is 2.43. The van der Waals surface area contributed by atoms with Gasteiger partial charge in [-0.05, 0) is 30.3 Å². The molecule has 0 aromatic heterocycles. The van der Waals surface area contributed by atoms with Crippen molar-refractivity contribution < 1.29 is 23.4 Å². The van der Waals surface area contributed by atoms with Crippen molar-refractivity contribution in [2.45, 2.75) is 0 Å². The first-order valence-corrected chi connectivity index (χ1v) is 5.51. The lowest BCUT2D eigenvalue weighted by Crippen LogP contribution is -2.00. The van der Waals surface area contributed by atoms with Crippen molar-refractivity contribution in [2.75, 3.05) is 0 Å². The summed E-state index contributed by atoms with van der Waals surface area (Å²) in [7, 11) is 0. The fourth-order valence-corrected chi connectivity index (χ4v) is 1.60. The maximum atomic E-state index is 13.4. The molecule has 0 radical (unpaired) electrons. The molecule has 0 saturated carbocycles. The zero-order valence-electron chi connectivity index (χ0n) is 9.36. The van der Waals surface area contributed by atoms with E-state index < -0.39 is 23.4 Å². The van der Waals surface area contributed by atoms with Crippen LogP contribution in [-0.4, -0.2) is 11.1 Å². The highest BCUT2D eigenvalue weighted by molar-refractivity contribution is 6.31. The van der Waals surface area contributed by atoms with Gasteiger partial charge < -0.3 is 9.84 Å². The van der Waals surface area contributed by atoms with E-state index in [1.165, 1.54) is 12.1 Å². The third-order valence-corrected chi connectivity index (χ3v) is 2.52. The van der Waals surface area contributed by atoms with Crippen LogP contribution in [0.25, 0.3) is 0 Å². The number of rotatable bonds is 3. The average molecular weight is 285 g/mol. The minimum Gasteiger partial charge on any atom is -0.478 e. The minimum absolute atomic E-state index is 0.124. The second-order valence-corrected chi connectivity index (χ2v) is 4.06. The molecule has 0 aliphatic heterocycles. The van der Waals surface area contributed by atoms with Crippen molar-refractivity contribution in [3.05, 3.63) is 58.6 Å². The van der Waals surface area contributed by atoms with Gasteiger partial charge in [0.15, 0.2) is 11.6 Å². The smallest absolute Gasteiger partial charge is 0.339 e. The highest BCUT2D eigenvalue weighted by Gasteiger charge is 2.15. The minimum atomic E-state index is -1.28. The number of benzene rings is 2. The molecule has 0 unspecified atom stereocenters. The van der Waals surface area contributed by atoms with Gasteiger partial charge in [0, 0.05) is 11.1 Å². The molecule has 0 amide bonds. The van der Waals surface area contributed by atoms with Crippen molar-refractivity contribution in [1.82, 2.24) is 0 Å². The Morgan fingerprint density at radius 2 is 1.84 bits per heavy atom. The number of carboxylic acids is 1. The molecule has 2 aromatic carbocycles. The van der Waals surface area contributed by atoms with Crippen molar-refractivity contribution in [1.29, 1.82) is 0 Å². The van der Waals surface area contributed by atoms with Gasteiger partial charge in [0.1, 0.15) is 17.1 Å². The molecule has 6 heteroatoms. The molecule has 98 valence electrons. The van der Waals surface area contributed by atoms with E-state index in [-0.39, 0.29) is 16.3 Å². The molecular formula is C13H7ClF2O3. The third kappa shape index (κ3) is 3.00. The van der Waals surface area contributed by atoms with E-state index in [0.29, 0.717) is 0 Å². The van der Waals surface area contributed by atoms with E-state index in [9.17, 15) is 13.6 Å². The first-order chi connectivity index (χ1) is 8.97. The van der Waals surface area contributed by atoms with Gasteiger partial charge in [0.25, 0.3) is 0 Å². The lowest BCUT2D eigenvalue weighted by molar-refractivity contribution is 0.0694. The van der Waals surface area contributed by atoms with Crippen LogP contribution in [0.3, 0.4) is 0 Å². The fraction of sp³-hybridized carbons (Fsp3) is 0. The zero-order chi connectivity index (χ0) is 14.0. The summed E-state index contributed by atoms with van der Waals surface area (Å²) in [4.78, 5) is 11.0. The predicted octanol–water partition coefficient (Wildman–Crippen LogP) is 4.11. The Morgan fingerprint density at radius 1 is 1.11 bits per heavy atom. The highest BCUT2D eigenvalue weighted by Crippen LogP contribution is 2.30. The third-order valence-electron chi connectivity index (χ3n) is 2.29. The second kappa shape index (κ2) is 5.24. The van der Waals surface area contributed by atoms with Gasteiger partial charge >= 0.3 is 5.97 Å². The molecule has 0 fully saturated rings. The maximum Gasteiger partial charge on any atom is 0.339 e. The van der Waals surface area contributed by atoms with Crippen LogP contribution in [-0.2, 0) is 0 Å². The quantitative estimate of drug-likeness (QED) is 0.922. The van der Waals surface area contributed by atoms with Gasteiger partial charge in [-0.15, -0.1) is 0 Å². The Bertz CT molecular complexity index is 644. The summed E-state index contributed by atoms with van der Waals surface area (Å²) in [5.41, 5.74) is -0.240. The largest absolute Gasteiger partial charge is 0.478 e. The molecule has 0 heterocycles. The number of aromatic carboxylic acids is 1. The monoisotopic (exact) mass is 284 g/mol. The van der Waals surface area contributed by atoms with E-state index in [0.717, 1.165) is 24.3 Å². The summed E-state index contributed by atoms with van der Waals surface area (Å²) in [6.45, 7) is 0. The summed E-state index contributed by atoms with van der Waals surface area (Å²) in [6.07, 6.45) is 0. The molecule has 3 nitrogen and oxygen atoms in total. The Kier molecular flexibility index (Phi) is 3.66. The van der Waals surface area contributed by atoms with Gasteiger partial charge in [0.2, 0.25) is 0 Å². The normalized spacial score (nSPS) is 10.3. The molecule has 0 atom stereocenters. The van der Waals surface area contributed by atoms with Crippen molar-refractivity contribution >= 4 is 17.6 Å². The van der Waals surface area contributed by atoms with E-state index >= 15 is 0 Å². The van der Waals surface area contributed by atoms with E-state index in [2.05, 4.69) is 0 Å². The lowest BCUT2D eigenvalue weighted by atomic mass is 10.2. The topological polar surface area (TPSA) is 46.5 Å². The zero-order valence-corrected chi connectivity index (χ0v) is 10.1. The van der Waals surface area contributed by atoms with Crippen molar-refractivity contribution in [3.8, 4) is 11.5 Å². The molecule has 0 aliphatic carbocycles. The van der Waals surface area contributed by atoms with Crippen LogP contribution in [0.2, 0.25) is 5.02 Å². The standard InChI is InChI=1S/C13H7ClF2O3/c14-7-1-4-11(9(5-7)13(17)18)19-12-6-8(15)2-3-10(12)16/h1-6H,(H,17,18). The lowest BCUT2D eigenvalue weighted by Gasteiger charge is -2.09. The average Bonchev–Trinajstić information content (AvgIpc) is 2.35. The first kappa shape index (κ1) is 13.3. The number of hydrogen-bond acceptors (Lipinski definition) is 2. The summed E-state index contributed by atoms with van der Waals surface area (Å²) in [5, 5.41) is 9.18. The van der Waals surface area contributed by atoms with Gasteiger partial charge in [-0.2, -0.15) is 0 Å². The Morgan fingerprint density at radius 3 is 2.53 bits per heavy atom. The number of hydrogen-bond donors (Lipinski definition) is 1. The molecule has 0 saturated heterocycles. The molecule has 0 aliphatic rings. The Hall–Kier alpha value is -2.14.